The van der Waals surface area contributed by atoms with Crippen LogP contribution in [0.15, 0.2) is 24.3 Å². The molecule has 9 heteroatoms. The van der Waals surface area contributed by atoms with Crippen LogP contribution in [0.2, 0.25) is 5.02 Å². The van der Waals surface area contributed by atoms with E-state index in [0.717, 1.165) is 37.9 Å². The van der Waals surface area contributed by atoms with Crippen molar-refractivity contribution in [3.8, 4) is 5.75 Å². The molecule has 32 heavy (non-hydrogen) atoms. The van der Waals surface area contributed by atoms with E-state index in [1.807, 2.05) is 15.9 Å². The molecule has 3 saturated heterocycles. The smallest absolute Gasteiger partial charge is 0.246 e. The fraction of sp³-hybridized carbons (Fsp3) is 0.565. The van der Waals surface area contributed by atoms with E-state index in [-0.39, 0.29) is 11.8 Å². The molecule has 3 unspecified atom stereocenters. The van der Waals surface area contributed by atoms with Gasteiger partial charge in [-0.25, -0.2) is 10.9 Å². The molecule has 3 N–H and O–H groups in total. The molecule has 1 saturated carbocycles. The molecule has 1 aliphatic carbocycles. The summed E-state index contributed by atoms with van der Waals surface area (Å²) in [7, 11) is 1.59. The molecular formula is C23H30ClN5O3. The van der Waals surface area contributed by atoms with Crippen molar-refractivity contribution in [1.82, 2.24) is 26.2 Å². The van der Waals surface area contributed by atoms with Crippen LogP contribution in [-0.2, 0) is 9.59 Å². The third-order valence-electron chi connectivity index (χ3n) is 7.37. The number of methoxy groups -OCH3 is 1. The number of hydrogen-bond acceptors (Lipinski definition) is 6. The first kappa shape index (κ1) is 21.7. The van der Waals surface area contributed by atoms with Gasteiger partial charge in [0.1, 0.15) is 5.75 Å². The lowest BCUT2D eigenvalue weighted by atomic mass is 9.82. The third-order valence-corrected chi connectivity index (χ3v) is 7.59. The molecule has 3 aliphatic heterocycles. The topological polar surface area (TPSA) is 85.9 Å². The van der Waals surface area contributed by atoms with Crippen molar-refractivity contribution in [2.75, 3.05) is 33.3 Å². The number of hydrazine groups is 2. The monoisotopic (exact) mass is 459 g/mol. The van der Waals surface area contributed by atoms with Crippen LogP contribution in [-0.4, -0.2) is 67.0 Å². The lowest BCUT2D eigenvalue weighted by Crippen LogP contribution is -2.45. The van der Waals surface area contributed by atoms with Crippen molar-refractivity contribution in [3.05, 3.63) is 34.9 Å². The molecule has 1 aromatic carbocycles. The second kappa shape index (κ2) is 9.02. The summed E-state index contributed by atoms with van der Waals surface area (Å²) in [5.41, 5.74) is 10.3. The van der Waals surface area contributed by atoms with Gasteiger partial charge in [0.15, 0.2) is 0 Å². The highest BCUT2D eigenvalue weighted by molar-refractivity contribution is 6.30. The number of likely N-dealkylation sites (tertiary alicyclic amines) is 2. The zero-order chi connectivity index (χ0) is 22.2. The number of halogens is 1. The van der Waals surface area contributed by atoms with E-state index in [2.05, 4.69) is 16.4 Å². The van der Waals surface area contributed by atoms with E-state index in [9.17, 15) is 9.59 Å². The van der Waals surface area contributed by atoms with E-state index >= 15 is 0 Å². The summed E-state index contributed by atoms with van der Waals surface area (Å²) < 4.78 is 5.23. The molecule has 0 spiro atoms. The SMILES string of the molecule is COc1cc(Cl)cc(/C=C/C(=O)N2C[C@@H]3CN(C(=O)C4CCC5NNNC5C4)C[C@H]3C2)c1. The largest absolute Gasteiger partial charge is 0.497 e. The minimum atomic E-state index is 0.00171. The Labute approximate surface area is 193 Å². The van der Waals surface area contributed by atoms with E-state index in [1.54, 1.807) is 31.4 Å². The van der Waals surface area contributed by atoms with Crippen molar-refractivity contribution >= 4 is 29.5 Å². The number of nitrogens with one attached hydrogen (secondary N) is 3. The summed E-state index contributed by atoms with van der Waals surface area (Å²) >= 11 is 6.11. The van der Waals surface area contributed by atoms with Crippen molar-refractivity contribution in [2.45, 2.75) is 31.3 Å². The minimum Gasteiger partial charge on any atom is -0.497 e. The van der Waals surface area contributed by atoms with Gasteiger partial charge in [-0.05, 0) is 49.1 Å². The Morgan fingerprint density at radius 1 is 1.03 bits per heavy atom. The highest BCUT2D eigenvalue weighted by Gasteiger charge is 2.45. The average Bonchev–Trinajstić information content (AvgIpc) is 3.50. The Hall–Kier alpha value is -2.13. The van der Waals surface area contributed by atoms with Crippen molar-refractivity contribution < 1.29 is 14.3 Å². The van der Waals surface area contributed by atoms with Gasteiger partial charge in [0.05, 0.1) is 7.11 Å². The Bertz CT molecular complexity index is 911. The van der Waals surface area contributed by atoms with Gasteiger partial charge in [-0.2, -0.15) is 5.53 Å². The summed E-state index contributed by atoms with van der Waals surface area (Å²) in [5.74, 6) is 1.79. The van der Waals surface area contributed by atoms with Gasteiger partial charge >= 0.3 is 0 Å². The summed E-state index contributed by atoms with van der Waals surface area (Å²) in [6.45, 7) is 2.94. The number of carbonyl (C=O) groups is 2. The van der Waals surface area contributed by atoms with E-state index < -0.39 is 0 Å². The molecule has 4 fully saturated rings. The van der Waals surface area contributed by atoms with Gasteiger partial charge in [0.25, 0.3) is 0 Å². The molecule has 172 valence electrons. The van der Waals surface area contributed by atoms with Crippen LogP contribution in [0.3, 0.4) is 0 Å². The maximum atomic E-state index is 13.1. The first-order valence-corrected chi connectivity index (χ1v) is 11.7. The zero-order valence-electron chi connectivity index (χ0n) is 18.2. The summed E-state index contributed by atoms with van der Waals surface area (Å²) in [5, 5.41) is 0.571. The number of fused-ring (bicyclic) bond motifs is 2. The second-order valence-corrected chi connectivity index (χ2v) is 9.84. The maximum absolute atomic E-state index is 13.1. The van der Waals surface area contributed by atoms with E-state index in [4.69, 9.17) is 16.3 Å². The van der Waals surface area contributed by atoms with Gasteiger partial charge in [-0.3, -0.25) is 9.59 Å². The van der Waals surface area contributed by atoms with Crippen LogP contribution < -0.4 is 21.1 Å². The molecule has 2 amide bonds. The van der Waals surface area contributed by atoms with Crippen LogP contribution >= 0.6 is 11.6 Å². The molecule has 1 aromatic rings. The van der Waals surface area contributed by atoms with Gasteiger partial charge < -0.3 is 14.5 Å². The Balaban J connectivity index is 1.14. The molecular weight excluding hydrogens is 430 g/mol. The molecule has 8 nitrogen and oxygen atoms in total. The number of amides is 2. The van der Waals surface area contributed by atoms with Crippen LogP contribution in [0.4, 0.5) is 0 Å². The molecule has 0 bridgehead atoms. The van der Waals surface area contributed by atoms with Gasteiger partial charge in [0, 0.05) is 67.1 Å². The maximum Gasteiger partial charge on any atom is 0.246 e. The standard InChI is InChI=1S/C23H30ClN5O3/c1-32-19-7-14(6-18(24)9-19)2-5-22(30)28-10-16-12-29(13-17(16)11-28)23(31)15-3-4-20-21(8-15)26-27-25-20/h2,5-7,9,15-17,20-21,25-27H,3-4,8,10-13H2,1H3/b5-2+/t15?,16-,17-,20?,21?/m1/s1. The molecule has 5 rings (SSSR count). The number of benzene rings is 1. The number of ether oxygens (including phenoxy) is 1. The molecule has 0 aromatic heterocycles. The van der Waals surface area contributed by atoms with Crippen LogP contribution in [0.1, 0.15) is 24.8 Å². The quantitative estimate of drug-likeness (QED) is 0.591. The summed E-state index contributed by atoms with van der Waals surface area (Å²) in [6, 6.07) is 6.12. The summed E-state index contributed by atoms with van der Waals surface area (Å²) in [4.78, 5) is 29.8. The first-order valence-electron chi connectivity index (χ1n) is 11.4. The van der Waals surface area contributed by atoms with Gasteiger partial charge in [0.2, 0.25) is 11.8 Å². The average molecular weight is 460 g/mol. The zero-order valence-corrected chi connectivity index (χ0v) is 19.0. The predicted octanol–water partition coefficient (Wildman–Crippen LogP) is 1.43. The number of rotatable bonds is 4. The Kier molecular flexibility index (Phi) is 6.11. The highest BCUT2D eigenvalue weighted by atomic mass is 35.5. The third kappa shape index (κ3) is 4.37. The van der Waals surface area contributed by atoms with Crippen LogP contribution in [0, 0.1) is 17.8 Å². The molecule has 5 atom stereocenters. The number of carbonyl (C=O) groups excluding carboxylic acids is 2. The lowest BCUT2D eigenvalue weighted by Gasteiger charge is -2.32. The number of nitrogens with zero attached hydrogens (tertiary/aromatic N) is 2. The Morgan fingerprint density at radius 2 is 1.75 bits per heavy atom. The normalized spacial score (nSPS) is 31.8. The van der Waals surface area contributed by atoms with Crippen LogP contribution in [0.25, 0.3) is 6.08 Å². The number of hydrogen-bond donors (Lipinski definition) is 3. The second-order valence-electron chi connectivity index (χ2n) is 9.40. The molecule has 3 heterocycles. The predicted molar refractivity (Wildman–Crippen MR) is 122 cm³/mol. The van der Waals surface area contributed by atoms with Crippen molar-refractivity contribution in [3.63, 3.8) is 0 Å². The fourth-order valence-corrected chi connectivity index (χ4v) is 5.87. The van der Waals surface area contributed by atoms with Crippen molar-refractivity contribution in [2.24, 2.45) is 17.8 Å². The fourth-order valence-electron chi connectivity index (χ4n) is 5.64. The molecule has 4 aliphatic rings. The van der Waals surface area contributed by atoms with Gasteiger partial charge in [-0.1, -0.05) is 11.6 Å². The van der Waals surface area contributed by atoms with E-state index in [1.165, 1.54) is 0 Å². The van der Waals surface area contributed by atoms with E-state index in [0.29, 0.717) is 53.7 Å². The van der Waals surface area contributed by atoms with Crippen LogP contribution in [0.5, 0.6) is 5.75 Å². The van der Waals surface area contributed by atoms with Crippen molar-refractivity contribution in [1.29, 1.82) is 0 Å². The molecule has 0 radical (unpaired) electrons. The summed E-state index contributed by atoms with van der Waals surface area (Å²) in [6.07, 6.45) is 6.20. The lowest BCUT2D eigenvalue weighted by molar-refractivity contribution is -0.136. The highest BCUT2D eigenvalue weighted by Crippen LogP contribution is 2.34. The Morgan fingerprint density at radius 3 is 2.50 bits per heavy atom. The van der Waals surface area contributed by atoms with Gasteiger partial charge in [-0.15, -0.1) is 0 Å². The minimum absolute atomic E-state index is 0.00171. The first-order chi connectivity index (χ1) is 15.5.